The monoisotopic (exact) mass is 491 g/mol. The van der Waals surface area contributed by atoms with Crippen molar-refractivity contribution in [3.63, 3.8) is 0 Å². The molecule has 34 heavy (non-hydrogen) atoms. The molecule has 2 amide bonds. The van der Waals surface area contributed by atoms with Gasteiger partial charge in [0.05, 0.1) is 17.5 Å². The molecule has 184 valence electrons. The summed E-state index contributed by atoms with van der Waals surface area (Å²) in [7, 11) is -3.94. The number of ether oxygens (including phenoxy) is 1. The molecule has 8 nitrogen and oxygen atoms in total. The second-order valence-electron chi connectivity index (χ2n) is 8.45. The van der Waals surface area contributed by atoms with Crippen LogP contribution in [0.3, 0.4) is 0 Å². The molecule has 2 N–H and O–H groups in total. The number of anilines is 1. The van der Waals surface area contributed by atoms with Crippen molar-refractivity contribution in [3.8, 4) is 0 Å². The molecule has 2 aromatic carbocycles. The van der Waals surface area contributed by atoms with Gasteiger partial charge in [0.1, 0.15) is 11.9 Å². The number of amides is 2. The van der Waals surface area contributed by atoms with Gasteiger partial charge in [0, 0.05) is 18.8 Å². The molecule has 0 bridgehead atoms. The normalized spacial score (nSPS) is 16.9. The van der Waals surface area contributed by atoms with E-state index in [-0.39, 0.29) is 22.6 Å². The molecule has 0 aliphatic carbocycles. The summed E-state index contributed by atoms with van der Waals surface area (Å²) < 4.78 is 46.6. The summed E-state index contributed by atoms with van der Waals surface area (Å²) in [6.07, 6.45) is 1.69. The quantitative estimate of drug-likeness (QED) is 0.531. The maximum Gasteiger partial charge on any atom is 0.243 e. The first-order valence-electron chi connectivity index (χ1n) is 11.2. The van der Waals surface area contributed by atoms with Crippen molar-refractivity contribution >= 4 is 27.5 Å². The molecule has 1 fully saturated rings. The Kier molecular flexibility index (Phi) is 8.76. The summed E-state index contributed by atoms with van der Waals surface area (Å²) in [6.45, 7) is 3.96. The molecule has 2 aromatic rings. The topological polar surface area (TPSA) is 105 Å². The van der Waals surface area contributed by atoms with Crippen LogP contribution >= 0.6 is 0 Å². The van der Waals surface area contributed by atoms with E-state index in [0.717, 1.165) is 12.8 Å². The van der Waals surface area contributed by atoms with E-state index in [2.05, 4.69) is 10.0 Å². The molecule has 0 unspecified atom stereocenters. The molecule has 1 aliphatic heterocycles. The zero-order valence-electron chi connectivity index (χ0n) is 19.2. The number of sulfonamides is 1. The third-order valence-electron chi connectivity index (χ3n) is 5.55. The average Bonchev–Trinajstić information content (AvgIpc) is 3.34. The van der Waals surface area contributed by atoms with Gasteiger partial charge < -0.3 is 10.1 Å². The van der Waals surface area contributed by atoms with Crippen LogP contribution in [0.15, 0.2) is 59.5 Å². The number of benzene rings is 2. The van der Waals surface area contributed by atoms with Crippen LogP contribution in [0.5, 0.6) is 0 Å². The van der Waals surface area contributed by atoms with Gasteiger partial charge in [0.2, 0.25) is 21.8 Å². The van der Waals surface area contributed by atoms with E-state index in [1.165, 1.54) is 41.3 Å². The summed E-state index contributed by atoms with van der Waals surface area (Å²) in [5.41, 5.74) is 0.288. The van der Waals surface area contributed by atoms with Gasteiger partial charge in [-0.3, -0.25) is 14.5 Å². The van der Waals surface area contributed by atoms with Crippen molar-refractivity contribution in [2.45, 2.75) is 43.7 Å². The molecule has 0 spiro atoms. The minimum atomic E-state index is -3.94. The number of rotatable bonds is 10. The van der Waals surface area contributed by atoms with Crippen LogP contribution in [0.25, 0.3) is 0 Å². The van der Waals surface area contributed by atoms with Crippen molar-refractivity contribution in [1.29, 1.82) is 0 Å². The maximum absolute atomic E-state index is 13.6. The second kappa shape index (κ2) is 11.5. The summed E-state index contributed by atoms with van der Waals surface area (Å²) in [4.78, 5) is 27.7. The molecule has 3 rings (SSSR count). The van der Waals surface area contributed by atoms with E-state index in [1.54, 1.807) is 32.0 Å². The molecule has 1 saturated heterocycles. The SMILES string of the molecule is CC(C)[C@H](C(=O)NC[C@@H]1CCCO1)N(C(=O)CNS(=O)(=O)c1ccccc1)c1ccc(F)cc1. The number of nitrogens with zero attached hydrogens (tertiary/aromatic N) is 1. The highest BCUT2D eigenvalue weighted by Crippen LogP contribution is 2.23. The molecule has 2 atom stereocenters. The molecular formula is C24H30FN3O5S. The van der Waals surface area contributed by atoms with Crippen LogP contribution in [0, 0.1) is 11.7 Å². The Morgan fingerprint density at radius 2 is 1.79 bits per heavy atom. The first-order chi connectivity index (χ1) is 16.2. The van der Waals surface area contributed by atoms with Crippen molar-refractivity contribution in [2.24, 2.45) is 5.92 Å². The fourth-order valence-corrected chi connectivity index (χ4v) is 4.82. The predicted octanol–water partition coefficient (Wildman–Crippen LogP) is 2.46. The number of halogens is 1. The van der Waals surface area contributed by atoms with Crippen LogP contribution in [-0.4, -0.2) is 52.1 Å². The van der Waals surface area contributed by atoms with Crippen molar-refractivity contribution in [2.75, 3.05) is 24.6 Å². The lowest BCUT2D eigenvalue weighted by molar-refractivity contribution is -0.127. The van der Waals surface area contributed by atoms with E-state index < -0.39 is 40.2 Å². The van der Waals surface area contributed by atoms with Crippen LogP contribution in [0.4, 0.5) is 10.1 Å². The van der Waals surface area contributed by atoms with E-state index in [9.17, 15) is 22.4 Å². The predicted molar refractivity (Wildman–Crippen MR) is 126 cm³/mol. The Hall–Kier alpha value is -2.82. The fourth-order valence-electron chi connectivity index (χ4n) is 3.83. The minimum Gasteiger partial charge on any atom is -0.376 e. The lowest BCUT2D eigenvalue weighted by Gasteiger charge is -2.34. The van der Waals surface area contributed by atoms with Crippen molar-refractivity contribution in [1.82, 2.24) is 10.0 Å². The van der Waals surface area contributed by atoms with E-state index in [0.29, 0.717) is 13.2 Å². The minimum absolute atomic E-state index is 0.0193. The van der Waals surface area contributed by atoms with Gasteiger partial charge in [0.25, 0.3) is 0 Å². The maximum atomic E-state index is 13.6. The van der Waals surface area contributed by atoms with E-state index >= 15 is 0 Å². The molecular weight excluding hydrogens is 461 g/mol. The van der Waals surface area contributed by atoms with Crippen molar-refractivity contribution < 1.29 is 27.1 Å². The summed E-state index contributed by atoms with van der Waals surface area (Å²) in [6, 6.07) is 11.9. The van der Waals surface area contributed by atoms with Gasteiger partial charge in [-0.1, -0.05) is 32.0 Å². The molecule has 0 aromatic heterocycles. The lowest BCUT2D eigenvalue weighted by Crippen LogP contribution is -2.55. The first kappa shape index (κ1) is 25.8. The van der Waals surface area contributed by atoms with E-state index in [4.69, 9.17) is 4.74 Å². The van der Waals surface area contributed by atoms with Gasteiger partial charge in [-0.05, 0) is 55.2 Å². The van der Waals surface area contributed by atoms with Gasteiger partial charge in [0.15, 0.2) is 0 Å². The molecule has 0 saturated carbocycles. The van der Waals surface area contributed by atoms with Gasteiger partial charge in [-0.25, -0.2) is 17.5 Å². The first-order valence-corrected chi connectivity index (χ1v) is 12.7. The second-order valence-corrected chi connectivity index (χ2v) is 10.2. The van der Waals surface area contributed by atoms with Gasteiger partial charge in [-0.2, -0.15) is 0 Å². The summed E-state index contributed by atoms with van der Waals surface area (Å²) in [5, 5.41) is 2.85. The standard InChI is InChI=1S/C24H30FN3O5S/c1-17(2)23(24(30)26-15-20-7-6-14-33-20)28(19-12-10-18(25)11-13-19)22(29)16-27-34(31,32)21-8-4-3-5-9-21/h3-5,8-13,17,20,23,27H,6-7,14-16H2,1-2H3,(H,26,30)/t20-,23+/m0/s1. The largest absolute Gasteiger partial charge is 0.376 e. The number of hydrogen-bond donors (Lipinski definition) is 2. The average molecular weight is 492 g/mol. The fraction of sp³-hybridized carbons (Fsp3) is 0.417. The molecule has 1 heterocycles. The summed E-state index contributed by atoms with van der Waals surface area (Å²) in [5.74, 6) is -1.85. The van der Waals surface area contributed by atoms with Crippen LogP contribution in [0.2, 0.25) is 0 Å². The Morgan fingerprint density at radius 3 is 2.38 bits per heavy atom. The summed E-state index contributed by atoms with van der Waals surface area (Å²) >= 11 is 0. The molecule has 1 aliphatic rings. The zero-order valence-corrected chi connectivity index (χ0v) is 20.1. The highest BCUT2D eigenvalue weighted by Gasteiger charge is 2.34. The highest BCUT2D eigenvalue weighted by atomic mass is 32.2. The number of nitrogens with one attached hydrogen (secondary N) is 2. The lowest BCUT2D eigenvalue weighted by atomic mass is 10.00. The van der Waals surface area contributed by atoms with Crippen LogP contribution in [-0.2, 0) is 24.3 Å². The van der Waals surface area contributed by atoms with Gasteiger partial charge >= 0.3 is 0 Å². The van der Waals surface area contributed by atoms with Gasteiger partial charge in [-0.15, -0.1) is 0 Å². The van der Waals surface area contributed by atoms with Crippen molar-refractivity contribution in [3.05, 3.63) is 60.4 Å². The zero-order chi connectivity index (χ0) is 24.7. The van der Waals surface area contributed by atoms with Crippen LogP contribution in [0.1, 0.15) is 26.7 Å². The Morgan fingerprint density at radius 1 is 1.12 bits per heavy atom. The smallest absolute Gasteiger partial charge is 0.243 e. The highest BCUT2D eigenvalue weighted by molar-refractivity contribution is 7.89. The Balaban J connectivity index is 1.83. The van der Waals surface area contributed by atoms with Crippen LogP contribution < -0.4 is 14.9 Å². The van der Waals surface area contributed by atoms with E-state index in [1.807, 2.05) is 0 Å². The Labute approximate surface area is 199 Å². The number of carbonyl (C=O) groups excluding carboxylic acids is 2. The molecule has 0 radical (unpaired) electrons. The Bertz CT molecular complexity index is 1070. The number of carbonyl (C=O) groups is 2. The number of hydrogen-bond acceptors (Lipinski definition) is 5. The third kappa shape index (κ3) is 6.62. The molecule has 10 heteroatoms. The third-order valence-corrected chi connectivity index (χ3v) is 6.96.